The third-order valence-corrected chi connectivity index (χ3v) is 3.74. The van der Waals surface area contributed by atoms with E-state index in [-0.39, 0.29) is 18.8 Å². The van der Waals surface area contributed by atoms with Gasteiger partial charge in [0.1, 0.15) is 22.9 Å². The lowest BCUT2D eigenvalue weighted by Gasteiger charge is -2.09. The van der Waals surface area contributed by atoms with Gasteiger partial charge in [0.15, 0.2) is 0 Å². The van der Waals surface area contributed by atoms with E-state index in [1.54, 1.807) is 12.1 Å². The Kier molecular flexibility index (Phi) is 6.01. The molecule has 0 aliphatic rings. The van der Waals surface area contributed by atoms with E-state index < -0.39 is 28.0 Å². The van der Waals surface area contributed by atoms with Gasteiger partial charge in [0, 0.05) is 22.7 Å². The van der Waals surface area contributed by atoms with Crippen molar-refractivity contribution in [1.82, 2.24) is 5.32 Å². The van der Waals surface area contributed by atoms with E-state index in [4.69, 9.17) is 0 Å². The van der Waals surface area contributed by atoms with Crippen LogP contribution in [0.25, 0.3) is 0 Å². The van der Waals surface area contributed by atoms with Crippen LogP contribution in [0.2, 0.25) is 0 Å². The lowest BCUT2D eigenvalue weighted by atomic mass is 10.2. The van der Waals surface area contributed by atoms with Crippen LogP contribution in [0.1, 0.15) is 10.4 Å². The highest BCUT2D eigenvalue weighted by molar-refractivity contribution is 14.1. The van der Waals surface area contributed by atoms with E-state index in [0.717, 1.165) is 12.1 Å². The van der Waals surface area contributed by atoms with Gasteiger partial charge in [-0.15, -0.1) is 0 Å². The Bertz CT molecular complexity index is 766. The van der Waals surface area contributed by atoms with Crippen LogP contribution in [0.4, 0.5) is 20.2 Å². The second-order valence-corrected chi connectivity index (χ2v) is 5.94. The maximum atomic E-state index is 13.5. The molecule has 0 heterocycles. The highest BCUT2D eigenvalue weighted by atomic mass is 127. The molecule has 0 fully saturated rings. The van der Waals surface area contributed by atoms with Gasteiger partial charge in [0.2, 0.25) is 0 Å². The molecule has 6 nitrogen and oxygen atoms in total. The smallest absolute Gasteiger partial charge is 0.293 e. The maximum absolute atomic E-state index is 13.5. The van der Waals surface area contributed by atoms with E-state index in [0.29, 0.717) is 9.26 Å². The Labute approximate surface area is 149 Å². The molecule has 126 valence electrons. The fraction of sp³-hybridized carbons (Fsp3) is 0.133. The van der Waals surface area contributed by atoms with Gasteiger partial charge < -0.3 is 10.6 Å². The van der Waals surface area contributed by atoms with Crippen LogP contribution >= 0.6 is 22.6 Å². The van der Waals surface area contributed by atoms with Crippen LogP contribution in [0.3, 0.4) is 0 Å². The van der Waals surface area contributed by atoms with Gasteiger partial charge in [-0.1, -0.05) is 6.07 Å². The number of nitrogens with one attached hydrogen (secondary N) is 2. The lowest BCUT2D eigenvalue weighted by molar-refractivity contribution is -0.384. The summed E-state index contributed by atoms with van der Waals surface area (Å²) < 4.78 is 27.6. The lowest BCUT2D eigenvalue weighted by Crippen LogP contribution is -2.30. The van der Waals surface area contributed by atoms with Gasteiger partial charge in [-0.2, -0.15) is 0 Å². The van der Waals surface area contributed by atoms with Crippen LogP contribution in [-0.4, -0.2) is 23.9 Å². The maximum Gasteiger partial charge on any atom is 0.293 e. The van der Waals surface area contributed by atoms with Crippen molar-refractivity contribution in [3.63, 3.8) is 0 Å². The Morgan fingerprint density at radius 1 is 1.17 bits per heavy atom. The number of hydrogen-bond donors (Lipinski definition) is 2. The molecule has 0 saturated carbocycles. The van der Waals surface area contributed by atoms with Crippen LogP contribution in [-0.2, 0) is 0 Å². The van der Waals surface area contributed by atoms with Crippen LogP contribution in [0.5, 0.6) is 0 Å². The molecular weight excluding hydrogens is 435 g/mol. The number of benzene rings is 2. The summed E-state index contributed by atoms with van der Waals surface area (Å²) in [4.78, 5) is 22.3. The van der Waals surface area contributed by atoms with Gasteiger partial charge in [-0.25, -0.2) is 8.78 Å². The molecule has 0 saturated heterocycles. The first-order chi connectivity index (χ1) is 11.4. The van der Waals surface area contributed by atoms with Crippen molar-refractivity contribution in [2.75, 3.05) is 18.4 Å². The molecule has 2 rings (SSSR count). The van der Waals surface area contributed by atoms with Crippen molar-refractivity contribution in [3.8, 4) is 0 Å². The molecule has 24 heavy (non-hydrogen) atoms. The molecular formula is C15H12F2IN3O3. The molecule has 0 atom stereocenters. The minimum absolute atomic E-state index is 0.0374. The average molecular weight is 447 g/mol. The number of halogens is 3. The van der Waals surface area contributed by atoms with Crippen molar-refractivity contribution in [3.05, 3.63) is 67.3 Å². The SMILES string of the molecule is O=C(NCCNc1ccc(I)cc1[N+](=O)[O-])c1c(F)cccc1F. The number of hydrogen-bond acceptors (Lipinski definition) is 4. The Hall–Kier alpha value is -2.30. The number of rotatable bonds is 6. The van der Waals surface area contributed by atoms with E-state index in [2.05, 4.69) is 10.6 Å². The van der Waals surface area contributed by atoms with Gasteiger partial charge in [-0.05, 0) is 46.9 Å². The zero-order chi connectivity index (χ0) is 17.7. The van der Waals surface area contributed by atoms with Crippen molar-refractivity contribution >= 4 is 39.9 Å². The molecule has 0 unspecified atom stereocenters. The normalized spacial score (nSPS) is 10.3. The van der Waals surface area contributed by atoms with Crippen LogP contribution in [0, 0.1) is 25.3 Å². The summed E-state index contributed by atoms with van der Waals surface area (Å²) in [7, 11) is 0. The molecule has 0 radical (unpaired) electrons. The Morgan fingerprint density at radius 3 is 2.46 bits per heavy atom. The van der Waals surface area contributed by atoms with Crippen LogP contribution < -0.4 is 10.6 Å². The fourth-order valence-corrected chi connectivity index (χ4v) is 2.46. The molecule has 0 aliphatic carbocycles. The summed E-state index contributed by atoms with van der Waals surface area (Å²) in [5.41, 5.74) is -0.446. The summed E-state index contributed by atoms with van der Waals surface area (Å²) in [6, 6.07) is 7.81. The Balaban J connectivity index is 1.94. The quantitative estimate of drug-likeness (QED) is 0.308. The third kappa shape index (κ3) is 4.37. The third-order valence-electron chi connectivity index (χ3n) is 3.07. The summed E-state index contributed by atoms with van der Waals surface area (Å²) in [6.45, 7) is 0.193. The molecule has 0 aliphatic heterocycles. The van der Waals surface area contributed by atoms with E-state index in [1.807, 2.05) is 22.6 Å². The number of nitrogens with zero attached hydrogens (tertiary/aromatic N) is 1. The Morgan fingerprint density at radius 2 is 1.83 bits per heavy atom. The topological polar surface area (TPSA) is 84.3 Å². The van der Waals surface area contributed by atoms with Crippen molar-refractivity contribution < 1.29 is 18.5 Å². The summed E-state index contributed by atoms with van der Waals surface area (Å²) in [5.74, 6) is -2.79. The van der Waals surface area contributed by atoms with E-state index in [9.17, 15) is 23.7 Å². The van der Waals surface area contributed by atoms with Gasteiger partial charge in [0.25, 0.3) is 11.6 Å². The highest BCUT2D eigenvalue weighted by Gasteiger charge is 2.17. The molecule has 9 heteroatoms. The number of carbonyl (C=O) groups excluding carboxylic acids is 1. The number of amides is 1. The molecule has 2 aromatic carbocycles. The minimum Gasteiger partial charge on any atom is -0.378 e. The number of nitro benzene ring substituents is 1. The predicted molar refractivity (Wildman–Crippen MR) is 93.0 cm³/mol. The van der Waals surface area contributed by atoms with E-state index in [1.165, 1.54) is 12.1 Å². The first-order valence-electron chi connectivity index (χ1n) is 6.80. The van der Waals surface area contributed by atoms with Crippen LogP contribution in [0.15, 0.2) is 36.4 Å². The van der Waals surface area contributed by atoms with Crippen molar-refractivity contribution in [2.24, 2.45) is 0 Å². The second-order valence-electron chi connectivity index (χ2n) is 4.70. The monoisotopic (exact) mass is 447 g/mol. The molecule has 2 N–H and O–H groups in total. The predicted octanol–water partition coefficient (Wildman–Crippen LogP) is 3.32. The summed E-state index contributed by atoms with van der Waals surface area (Å²) in [6.07, 6.45) is 0. The molecule has 0 bridgehead atoms. The second kappa shape index (κ2) is 7.99. The molecule has 1 amide bonds. The highest BCUT2D eigenvalue weighted by Crippen LogP contribution is 2.25. The zero-order valence-electron chi connectivity index (χ0n) is 12.2. The average Bonchev–Trinajstić information content (AvgIpc) is 2.52. The zero-order valence-corrected chi connectivity index (χ0v) is 14.3. The first-order valence-corrected chi connectivity index (χ1v) is 7.88. The molecule has 0 aromatic heterocycles. The van der Waals surface area contributed by atoms with E-state index >= 15 is 0 Å². The summed E-state index contributed by atoms with van der Waals surface area (Å²) >= 11 is 1.96. The van der Waals surface area contributed by atoms with Crippen molar-refractivity contribution in [2.45, 2.75) is 0 Å². The van der Waals surface area contributed by atoms with Gasteiger partial charge in [-0.3, -0.25) is 14.9 Å². The van der Waals surface area contributed by atoms with Crippen molar-refractivity contribution in [1.29, 1.82) is 0 Å². The standard InChI is InChI=1S/C15H12F2IN3O3/c16-10-2-1-3-11(17)14(10)15(22)20-7-6-19-12-5-4-9(18)8-13(12)21(23)24/h1-5,8,19H,6-7H2,(H,20,22). The number of carbonyl (C=O) groups is 1. The summed E-state index contributed by atoms with van der Waals surface area (Å²) in [5, 5.41) is 16.2. The van der Waals surface area contributed by atoms with Gasteiger partial charge in [0.05, 0.1) is 4.92 Å². The largest absolute Gasteiger partial charge is 0.378 e. The minimum atomic E-state index is -0.950. The first kappa shape index (κ1) is 18.0. The number of anilines is 1. The molecule has 2 aromatic rings. The van der Waals surface area contributed by atoms with Gasteiger partial charge >= 0.3 is 0 Å². The molecule has 0 spiro atoms. The fourth-order valence-electron chi connectivity index (χ4n) is 1.98. The number of nitro groups is 1.